The smallest absolute Gasteiger partial charge is 0.183 e. The monoisotopic (exact) mass is 253 g/mol. The summed E-state index contributed by atoms with van der Waals surface area (Å²) < 4.78 is 19.1. The first-order valence-electron chi connectivity index (χ1n) is 5.56. The highest BCUT2D eigenvalue weighted by Crippen LogP contribution is 2.34. The summed E-state index contributed by atoms with van der Waals surface area (Å²) >= 11 is 0. The van der Waals surface area contributed by atoms with Gasteiger partial charge in [-0.05, 0) is 0 Å². The van der Waals surface area contributed by atoms with Gasteiger partial charge in [0.1, 0.15) is 17.8 Å². The average molecular weight is 253 g/mol. The van der Waals surface area contributed by atoms with E-state index in [0.29, 0.717) is 11.2 Å². The van der Waals surface area contributed by atoms with Crippen LogP contribution in [0.5, 0.6) is 0 Å². The molecule has 0 aromatic carbocycles. The third-order valence-electron chi connectivity index (χ3n) is 2.94. The number of aliphatic hydroxyl groups is 1. The number of ether oxygens (including phenoxy) is 1. The van der Waals surface area contributed by atoms with Crippen LogP contribution in [0, 0.1) is 0 Å². The maximum Gasteiger partial charge on any atom is 0.183 e. The topological polar surface area (TPSA) is 110 Å². The molecule has 0 spiro atoms. The van der Waals surface area contributed by atoms with Crippen LogP contribution in [-0.2, 0) is 4.74 Å². The summed E-state index contributed by atoms with van der Waals surface area (Å²) in [6.07, 6.45) is -1.10. The van der Waals surface area contributed by atoms with E-state index in [-0.39, 0.29) is 24.7 Å². The van der Waals surface area contributed by atoms with Crippen LogP contribution in [0.1, 0.15) is 18.3 Å². The van der Waals surface area contributed by atoms with E-state index in [1.807, 2.05) is 0 Å². The summed E-state index contributed by atoms with van der Waals surface area (Å²) in [5, 5.41) is 8.97. The molecule has 96 valence electrons. The van der Waals surface area contributed by atoms with Gasteiger partial charge in [0.05, 0.1) is 19.0 Å². The molecule has 0 aliphatic carbocycles. The zero-order valence-corrected chi connectivity index (χ0v) is 9.38. The minimum Gasteiger partial charge on any atom is -0.394 e. The molecule has 1 fully saturated rings. The SMILES string of the molecule is Nc1nc([C@@H]2O[C@H](CO)C[C@@H]2F)nc2nc[nH]c12. The molecule has 0 amide bonds. The first kappa shape index (κ1) is 11.3. The van der Waals surface area contributed by atoms with E-state index in [9.17, 15) is 4.39 Å². The van der Waals surface area contributed by atoms with Gasteiger partial charge in [0.15, 0.2) is 17.3 Å². The Bertz CT molecular complexity index is 574. The van der Waals surface area contributed by atoms with Crippen LogP contribution >= 0.6 is 0 Å². The fourth-order valence-electron chi connectivity index (χ4n) is 2.06. The van der Waals surface area contributed by atoms with Crippen LogP contribution < -0.4 is 5.73 Å². The van der Waals surface area contributed by atoms with Gasteiger partial charge in [-0.25, -0.2) is 19.3 Å². The Labute approximate surface area is 101 Å². The van der Waals surface area contributed by atoms with Crippen LogP contribution in [0.25, 0.3) is 11.2 Å². The lowest BCUT2D eigenvalue weighted by Gasteiger charge is -2.12. The molecule has 7 nitrogen and oxygen atoms in total. The van der Waals surface area contributed by atoms with Crippen LogP contribution in [-0.4, -0.2) is 43.9 Å². The summed E-state index contributed by atoms with van der Waals surface area (Å²) in [5.74, 6) is 0.367. The Hall–Kier alpha value is -1.80. The highest BCUT2D eigenvalue weighted by atomic mass is 19.1. The van der Waals surface area contributed by atoms with E-state index in [0.717, 1.165) is 0 Å². The van der Waals surface area contributed by atoms with Crippen molar-refractivity contribution >= 4 is 17.0 Å². The number of halogens is 1. The number of aliphatic hydroxyl groups excluding tert-OH is 1. The highest BCUT2D eigenvalue weighted by molar-refractivity contribution is 5.80. The molecule has 2 aromatic rings. The van der Waals surface area contributed by atoms with Crippen molar-refractivity contribution < 1.29 is 14.2 Å². The third kappa shape index (κ3) is 1.70. The number of nitrogens with zero attached hydrogens (tertiary/aromatic N) is 3. The number of H-pyrrole nitrogens is 1. The number of imidazole rings is 1. The van der Waals surface area contributed by atoms with Gasteiger partial charge in [0, 0.05) is 6.42 Å². The summed E-state index contributed by atoms with van der Waals surface area (Å²) in [6, 6.07) is 0. The van der Waals surface area contributed by atoms with Gasteiger partial charge in [0.25, 0.3) is 0 Å². The van der Waals surface area contributed by atoms with Crippen molar-refractivity contribution in [2.24, 2.45) is 0 Å². The predicted octanol–water partition coefficient (Wildman–Crippen LogP) is 0.0955. The highest BCUT2D eigenvalue weighted by Gasteiger charge is 2.38. The standard InChI is InChI=1S/C10H12FN5O2/c11-5-1-4(2-17)18-7(5)10-15-8(12)6-9(16-10)14-3-13-6/h3-5,7,17H,1-2H2,(H3,12,13,14,15,16)/t4-,5-,7+/m0/s1. The number of aromatic amines is 1. The summed E-state index contributed by atoms with van der Waals surface area (Å²) in [5.41, 5.74) is 6.63. The molecular weight excluding hydrogens is 241 g/mol. The van der Waals surface area contributed by atoms with Crippen molar-refractivity contribution in [3.63, 3.8) is 0 Å². The summed E-state index contributed by atoms with van der Waals surface area (Å²) in [4.78, 5) is 14.9. The number of hydrogen-bond donors (Lipinski definition) is 3. The van der Waals surface area contributed by atoms with Gasteiger partial charge < -0.3 is 20.6 Å². The number of hydrogen-bond acceptors (Lipinski definition) is 6. The Morgan fingerprint density at radius 3 is 3.11 bits per heavy atom. The molecule has 1 aliphatic rings. The molecule has 2 aromatic heterocycles. The lowest BCUT2D eigenvalue weighted by Crippen LogP contribution is -2.14. The van der Waals surface area contributed by atoms with Crippen molar-refractivity contribution in [1.82, 2.24) is 19.9 Å². The Balaban J connectivity index is 1.99. The van der Waals surface area contributed by atoms with Gasteiger partial charge in [-0.1, -0.05) is 0 Å². The average Bonchev–Trinajstić information content (AvgIpc) is 2.95. The fourth-order valence-corrected chi connectivity index (χ4v) is 2.06. The summed E-state index contributed by atoms with van der Waals surface area (Å²) in [7, 11) is 0. The molecule has 0 saturated carbocycles. The van der Waals surface area contributed by atoms with Gasteiger partial charge in [-0.15, -0.1) is 0 Å². The van der Waals surface area contributed by atoms with Crippen LogP contribution in [0.15, 0.2) is 6.33 Å². The van der Waals surface area contributed by atoms with Crippen molar-refractivity contribution in [3.8, 4) is 0 Å². The molecule has 3 atom stereocenters. The van der Waals surface area contributed by atoms with Gasteiger partial charge in [-0.2, -0.15) is 0 Å². The number of alkyl halides is 1. The third-order valence-corrected chi connectivity index (χ3v) is 2.94. The van der Waals surface area contributed by atoms with E-state index >= 15 is 0 Å². The van der Waals surface area contributed by atoms with E-state index in [1.165, 1.54) is 6.33 Å². The van der Waals surface area contributed by atoms with Crippen LogP contribution in [0.3, 0.4) is 0 Å². The second kappa shape index (κ2) is 4.14. The number of anilines is 1. The van der Waals surface area contributed by atoms with Crippen LogP contribution in [0.4, 0.5) is 10.2 Å². The molecule has 3 heterocycles. The number of nitrogen functional groups attached to an aromatic ring is 1. The van der Waals surface area contributed by atoms with E-state index in [1.54, 1.807) is 0 Å². The predicted molar refractivity (Wildman–Crippen MR) is 60.3 cm³/mol. The zero-order chi connectivity index (χ0) is 12.7. The van der Waals surface area contributed by atoms with Crippen LogP contribution in [0.2, 0.25) is 0 Å². The number of nitrogens with two attached hydrogens (primary N) is 1. The zero-order valence-electron chi connectivity index (χ0n) is 9.38. The van der Waals surface area contributed by atoms with Gasteiger partial charge in [0.2, 0.25) is 0 Å². The van der Waals surface area contributed by atoms with Gasteiger partial charge >= 0.3 is 0 Å². The van der Waals surface area contributed by atoms with Crippen molar-refractivity contribution in [1.29, 1.82) is 0 Å². The van der Waals surface area contributed by atoms with E-state index < -0.39 is 18.4 Å². The lowest BCUT2D eigenvalue weighted by atomic mass is 10.1. The lowest BCUT2D eigenvalue weighted by molar-refractivity contribution is -0.00317. The Kier molecular flexibility index (Phi) is 2.60. The normalized spacial score (nSPS) is 28.0. The molecular formula is C10H12FN5O2. The maximum absolute atomic E-state index is 13.8. The molecule has 0 radical (unpaired) electrons. The largest absolute Gasteiger partial charge is 0.394 e. The molecule has 0 unspecified atom stereocenters. The molecule has 18 heavy (non-hydrogen) atoms. The van der Waals surface area contributed by atoms with Crippen molar-refractivity contribution in [2.75, 3.05) is 12.3 Å². The molecule has 0 bridgehead atoms. The first-order valence-corrected chi connectivity index (χ1v) is 5.56. The number of rotatable bonds is 2. The van der Waals surface area contributed by atoms with E-state index in [2.05, 4.69) is 19.9 Å². The number of fused-ring (bicyclic) bond motifs is 1. The second-order valence-corrected chi connectivity index (χ2v) is 4.18. The minimum absolute atomic E-state index is 0.128. The van der Waals surface area contributed by atoms with E-state index in [4.69, 9.17) is 15.6 Å². The number of nitrogens with one attached hydrogen (secondary N) is 1. The Morgan fingerprint density at radius 2 is 2.39 bits per heavy atom. The van der Waals surface area contributed by atoms with Crippen molar-refractivity contribution in [3.05, 3.63) is 12.2 Å². The first-order chi connectivity index (χ1) is 8.69. The second-order valence-electron chi connectivity index (χ2n) is 4.18. The van der Waals surface area contributed by atoms with Gasteiger partial charge in [-0.3, -0.25) is 0 Å². The van der Waals surface area contributed by atoms with Crippen molar-refractivity contribution in [2.45, 2.75) is 24.8 Å². The summed E-state index contributed by atoms with van der Waals surface area (Å²) in [6.45, 7) is -0.225. The fraction of sp³-hybridized carbons (Fsp3) is 0.500. The molecule has 8 heteroatoms. The minimum atomic E-state index is -1.25. The molecule has 4 N–H and O–H groups in total. The molecule has 1 aliphatic heterocycles. The molecule has 1 saturated heterocycles. The molecule has 3 rings (SSSR count). The quantitative estimate of drug-likeness (QED) is 0.700. The number of aromatic nitrogens is 4. The Morgan fingerprint density at radius 1 is 1.56 bits per heavy atom. The maximum atomic E-state index is 13.8.